The van der Waals surface area contributed by atoms with Gasteiger partial charge in [-0.1, -0.05) is 31.2 Å². The second-order valence-electron chi connectivity index (χ2n) is 6.04. The topological polar surface area (TPSA) is 73.8 Å². The fourth-order valence-corrected chi connectivity index (χ4v) is 2.90. The highest BCUT2D eigenvalue weighted by Crippen LogP contribution is 2.12. The molecule has 6 nitrogen and oxygen atoms in total. The van der Waals surface area contributed by atoms with Crippen molar-refractivity contribution in [3.05, 3.63) is 35.4 Å². The summed E-state index contributed by atoms with van der Waals surface area (Å²) in [5.74, 6) is 0.555. The predicted octanol–water partition coefficient (Wildman–Crippen LogP) is 2.46. The first kappa shape index (κ1) is 22.4. The van der Waals surface area contributed by atoms with Crippen molar-refractivity contribution < 1.29 is 9.59 Å². The zero-order valence-corrected chi connectivity index (χ0v) is 17.9. The Labute approximate surface area is 172 Å². The van der Waals surface area contributed by atoms with Gasteiger partial charge in [0.1, 0.15) is 0 Å². The Morgan fingerprint density at radius 1 is 1.08 bits per heavy atom. The molecule has 1 saturated heterocycles. The Morgan fingerprint density at radius 3 is 2.35 bits per heavy atom. The third-order valence-electron chi connectivity index (χ3n) is 4.26. The third kappa shape index (κ3) is 6.59. The first-order valence-electron chi connectivity index (χ1n) is 9.07. The van der Waals surface area contributed by atoms with Gasteiger partial charge in [0.25, 0.3) is 0 Å². The van der Waals surface area contributed by atoms with Crippen molar-refractivity contribution in [2.75, 3.05) is 19.6 Å². The van der Waals surface area contributed by atoms with Crippen LogP contribution in [0.3, 0.4) is 0 Å². The van der Waals surface area contributed by atoms with Gasteiger partial charge in [-0.2, -0.15) is 0 Å². The lowest BCUT2D eigenvalue weighted by molar-refractivity contribution is -0.147. The molecule has 1 fully saturated rings. The molecule has 2 rings (SSSR count). The lowest BCUT2D eigenvalue weighted by Gasteiger charge is -2.25. The van der Waals surface area contributed by atoms with E-state index < -0.39 is 0 Å². The van der Waals surface area contributed by atoms with E-state index in [1.807, 2.05) is 19.1 Å². The largest absolute Gasteiger partial charge is 0.357 e. The quantitative estimate of drug-likeness (QED) is 0.277. The number of rotatable bonds is 7. The number of carbonyl (C=O) groups is 2. The van der Waals surface area contributed by atoms with Crippen LogP contribution < -0.4 is 10.6 Å². The Hall–Kier alpha value is -1.64. The molecule has 1 aromatic carbocycles. The van der Waals surface area contributed by atoms with Gasteiger partial charge in [-0.25, -0.2) is 4.99 Å². The number of amides is 2. The number of hydrogen-bond acceptors (Lipinski definition) is 3. The number of likely N-dealkylation sites (tertiary alicyclic amines) is 1. The van der Waals surface area contributed by atoms with Crippen molar-refractivity contribution >= 4 is 41.8 Å². The average molecular weight is 472 g/mol. The van der Waals surface area contributed by atoms with Crippen molar-refractivity contribution in [2.45, 2.75) is 46.1 Å². The smallest absolute Gasteiger partial charge is 0.229 e. The number of aryl methyl sites for hydroxylation is 1. The molecule has 1 aromatic rings. The standard InChI is InChI=1S/C19H28N4O2.HI/c1-3-15-8-5-6-9-16(15)14-22-19(20-4-2)21-12-13-23-17(24)10-7-11-18(23)25;/h5-6,8-9H,3-4,7,10-14H2,1-2H3,(H2,20,21,22);1H. The van der Waals surface area contributed by atoms with Crippen LogP contribution in [-0.4, -0.2) is 42.3 Å². The van der Waals surface area contributed by atoms with Crippen molar-refractivity contribution in [1.82, 2.24) is 15.5 Å². The van der Waals surface area contributed by atoms with E-state index in [1.165, 1.54) is 16.0 Å². The molecule has 7 heteroatoms. The number of hydrogen-bond donors (Lipinski definition) is 2. The summed E-state index contributed by atoms with van der Waals surface area (Å²) in [5, 5.41) is 6.41. The van der Waals surface area contributed by atoms with E-state index in [-0.39, 0.29) is 35.8 Å². The fraction of sp³-hybridized carbons (Fsp3) is 0.526. The van der Waals surface area contributed by atoms with Gasteiger partial charge >= 0.3 is 0 Å². The molecule has 0 aromatic heterocycles. The number of imide groups is 1. The molecule has 0 unspecified atom stereocenters. The molecular formula is C19H29IN4O2. The molecule has 0 bridgehead atoms. The summed E-state index contributed by atoms with van der Waals surface area (Å²) in [5.41, 5.74) is 2.51. The Bertz CT molecular complexity index is 618. The van der Waals surface area contributed by atoms with Crippen LogP contribution in [-0.2, 0) is 22.6 Å². The first-order chi connectivity index (χ1) is 12.2. The maximum atomic E-state index is 11.8. The molecule has 0 aliphatic carbocycles. The number of halogens is 1. The van der Waals surface area contributed by atoms with Crippen LogP contribution in [0.2, 0.25) is 0 Å². The molecule has 2 N–H and O–H groups in total. The number of carbonyl (C=O) groups excluding carboxylic acids is 2. The highest BCUT2D eigenvalue weighted by molar-refractivity contribution is 14.0. The summed E-state index contributed by atoms with van der Waals surface area (Å²) in [7, 11) is 0. The Balaban J connectivity index is 0.00000338. The van der Waals surface area contributed by atoms with Crippen LogP contribution in [0, 0.1) is 0 Å². The van der Waals surface area contributed by atoms with Gasteiger partial charge in [-0.05, 0) is 30.9 Å². The van der Waals surface area contributed by atoms with E-state index in [2.05, 4.69) is 34.7 Å². The van der Waals surface area contributed by atoms with E-state index in [9.17, 15) is 9.59 Å². The Morgan fingerprint density at radius 2 is 1.73 bits per heavy atom. The molecule has 0 atom stereocenters. The van der Waals surface area contributed by atoms with Crippen molar-refractivity contribution in [1.29, 1.82) is 0 Å². The van der Waals surface area contributed by atoms with Gasteiger partial charge in [0.2, 0.25) is 11.8 Å². The van der Waals surface area contributed by atoms with Crippen LogP contribution in [0.4, 0.5) is 0 Å². The summed E-state index contributed by atoms with van der Waals surface area (Å²) < 4.78 is 0. The van der Waals surface area contributed by atoms with Gasteiger partial charge < -0.3 is 10.6 Å². The van der Waals surface area contributed by atoms with E-state index in [4.69, 9.17) is 0 Å². The number of nitrogens with one attached hydrogen (secondary N) is 2. The number of nitrogens with zero attached hydrogens (tertiary/aromatic N) is 2. The molecule has 1 heterocycles. The number of piperidine rings is 1. The third-order valence-corrected chi connectivity index (χ3v) is 4.26. The van der Waals surface area contributed by atoms with Gasteiger partial charge in [0, 0.05) is 32.5 Å². The van der Waals surface area contributed by atoms with E-state index in [0.717, 1.165) is 13.0 Å². The minimum atomic E-state index is -0.0723. The molecular weight excluding hydrogens is 443 g/mol. The van der Waals surface area contributed by atoms with Crippen molar-refractivity contribution in [3.8, 4) is 0 Å². The molecule has 0 saturated carbocycles. The van der Waals surface area contributed by atoms with Crippen molar-refractivity contribution in [3.63, 3.8) is 0 Å². The summed E-state index contributed by atoms with van der Waals surface area (Å²) in [4.78, 5) is 29.6. The van der Waals surface area contributed by atoms with Crippen LogP contribution in [0.15, 0.2) is 29.3 Å². The maximum Gasteiger partial charge on any atom is 0.229 e. The minimum Gasteiger partial charge on any atom is -0.357 e. The van der Waals surface area contributed by atoms with Crippen molar-refractivity contribution in [2.24, 2.45) is 4.99 Å². The lowest BCUT2D eigenvalue weighted by Crippen LogP contribution is -2.46. The zero-order chi connectivity index (χ0) is 18.1. The summed E-state index contributed by atoms with van der Waals surface area (Å²) in [6.45, 7) is 6.38. The first-order valence-corrected chi connectivity index (χ1v) is 9.07. The second-order valence-corrected chi connectivity index (χ2v) is 6.04. The average Bonchev–Trinajstić information content (AvgIpc) is 2.62. The SMILES string of the molecule is CCNC(=NCc1ccccc1CC)NCCN1C(=O)CCCC1=O.I. The highest BCUT2D eigenvalue weighted by Gasteiger charge is 2.25. The zero-order valence-electron chi connectivity index (χ0n) is 15.6. The van der Waals surface area contributed by atoms with Crippen LogP contribution in [0.25, 0.3) is 0 Å². The number of benzene rings is 1. The molecule has 1 aliphatic heterocycles. The molecule has 0 radical (unpaired) electrons. The minimum absolute atomic E-state index is 0. The molecule has 1 aliphatic rings. The fourth-order valence-electron chi connectivity index (χ4n) is 2.90. The highest BCUT2D eigenvalue weighted by atomic mass is 127. The summed E-state index contributed by atoms with van der Waals surface area (Å²) in [6, 6.07) is 8.29. The second kappa shape index (κ2) is 11.9. The molecule has 2 amide bonds. The van der Waals surface area contributed by atoms with Gasteiger partial charge in [-0.15, -0.1) is 24.0 Å². The normalized spacial score (nSPS) is 14.8. The summed E-state index contributed by atoms with van der Waals surface area (Å²) >= 11 is 0. The van der Waals surface area contributed by atoms with Gasteiger partial charge in [-0.3, -0.25) is 14.5 Å². The molecule has 26 heavy (non-hydrogen) atoms. The van der Waals surface area contributed by atoms with Gasteiger partial charge in [0.15, 0.2) is 5.96 Å². The predicted molar refractivity (Wildman–Crippen MR) is 115 cm³/mol. The maximum absolute atomic E-state index is 11.8. The van der Waals surface area contributed by atoms with E-state index in [0.29, 0.717) is 44.9 Å². The Kier molecular flexibility index (Phi) is 10.2. The molecule has 0 spiro atoms. The monoisotopic (exact) mass is 472 g/mol. The van der Waals surface area contributed by atoms with Crippen LogP contribution in [0.1, 0.15) is 44.2 Å². The number of guanidine groups is 1. The van der Waals surface area contributed by atoms with E-state index >= 15 is 0 Å². The van der Waals surface area contributed by atoms with Gasteiger partial charge in [0.05, 0.1) is 6.54 Å². The van der Waals surface area contributed by atoms with E-state index in [1.54, 1.807) is 0 Å². The lowest BCUT2D eigenvalue weighted by atomic mass is 10.1. The summed E-state index contributed by atoms with van der Waals surface area (Å²) in [6.07, 6.45) is 2.58. The number of aliphatic imine (C=N–C) groups is 1. The molecule has 144 valence electrons. The van der Waals surface area contributed by atoms with Crippen LogP contribution in [0.5, 0.6) is 0 Å². The van der Waals surface area contributed by atoms with Crippen LogP contribution >= 0.6 is 24.0 Å².